The summed E-state index contributed by atoms with van der Waals surface area (Å²) in [6.07, 6.45) is 0. The third-order valence-corrected chi connectivity index (χ3v) is 3.03. The lowest BCUT2D eigenvalue weighted by Crippen LogP contribution is -2.44. The number of ether oxygens (including phenoxy) is 1. The maximum absolute atomic E-state index is 5.34. The largest absolute Gasteiger partial charge is 0.379 e. The molecule has 0 aromatic carbocycles. The summed E-state index contributed by atoms with van der Waals surface area (Å²) in [4.78, 5) is 2.44. The van der Waals surface area contributed by atoms with Gasteiger partial charge in [0.05, 0.1) is 18.9 Å². The zero-order chi connectivity index (χ0) is 12.1. The maximum atomic E-state index is 5.34. The number of aromatic amines is 1. The molecule has 0 amide bonds. The SMILES string of the molecule is Cc1cc(CNC(C)CN2CCOCC2)n[nH]1. The Balaban J connectivity index is 1.68. The van der Waals surface area contributed by atoms with E-state index in [1.165, 1.54) is 0 Å². The van der Waals surface area contributed by atoms with Gasteiger partial charge >= 0.3 is 0 Å². The molecule has 17 heavy (non-hydrogen) atoms. The van der Waals surface area contributed by atoms with Crippen molar-refractivity contribution in [2.75, 3.05) is 32.8 Å². The van der Waals surface area contributed by atoms with E-state index in [1.54, 1.807) is 0 Å². The van der Waals surface area contributed by atoms with E-state index in [0.29, 0.717) is 6.04 Å². The predicted octanol–water partition coefficient (Wildman–Crippen LogP) is 0.528. The lowest BCUT2D eigenvalue weighted by atomic mass is 10.2. The third kappa shape index (κ3) is 4.11. The molecule has 2 N–H and O–H groups in total. The fourth-order valence-corrected chi connectivity index (χ4v) is 2.08. The Morgan fingerprint density at radius 2 is 2.29 bits per heavy atom. The fraction of sp³-hybridized carbons (Fsp3) is 0.750. The molecule has 0 radical (unpaired) electrons. The van der Waals surface area contributed by atoms with E-state index in [2.05, 4.69) is 33.4 Å². The van der Waals surface area contributed by atoms with E-state index in [1.807, 2.05) is 6.92 Å². The van der Waals surface area contributed by atoms with Crippen LogP contribution in [0.2, 0.25) is 0 Å². The highest BCUT2D eigenvalue weighted by molar-refractivity contribution is 5.06. The van der Waals surface area contributed by atoms with Gasteiger partial charge in [-0.1, -0.05) is 0 Å². The fourth-order valence-electron chi connectivity index (χ4n) is 2.08. The second-order valence-corrected chi connectivity index (χ2v) is 4.74. The van der Waals surface area contributed by atoms with Crippen molar-refractivity contribution < 1.29 is 4.74 Å². The van der Waals surface area contributed by atoms with E-state index in [4.69, 9.17) is 4.74 Å². The van der Waals surface area contributed by atoms with Crippen molar-refractivity contribution in [2.24, 2.45) is 0 Å². The smallest absolute Gasteiger partial charge is 0.0762 e. The highest BCUT2D eigenvalue weighted by atomic mass is 16.5. The van der Waals surface area contributed by atoms with E-state index >= 15 is 0 Å². The van der Waals surface area contributed by atoms with Gasteiger partial charge in [0.15, 0.2) is 0 Å². The van der Waals surface area contributed by atoms with Gasteiger partial charge in [-0.25, -0.2) is 0 Å². The molecule has 1 aromatic rings. The zero-order valence-corrected chi connectivity index (χ0v) is 10.7. The van der Waals surface area contributed by atoms with Crippen molar-refractivity contribution in [1.29, 1.82) is 0 Å². The van der Waals surface area contributed by atoms with Crippen molar-refractivity contribution in [3.8, 4) is 0 Å². The van der Waals surface area contributed by atoms with Crippen LogP contribution in [0.5, 0.6) is 0 Å². The molecule has 2 rings (SSSR count). The average Bonchev–Trinajstić information content (AvgIpc) is 2.74. The van der Waals surface area contributed by atoms with Crippen LogP contribution in [0.1, 0.15) is 18.3 Å². The molecule has 2 heterocycles. The Kier molecular flexibility index (Phi) is 4.53. The van der Waals surface area contributed by atoms with E-state index < -0.39 is 0 Å². The molecule has 1 fully saturated rings. The first-order valence-corrected chi connectivity index (χ1v) is 6.28. The van der Waals surface area contributed by atoms with Crippen LogP contribution in [-0.2, 0) is 11.3 Å². The van der Waals surface area contributed by atoms with Crippen LogP contribution in [0.3, 0.4) is 0 Å². The lowest BCUT2D eigenvalue weighted by molar-refractivity contribution is 0.0343. The quantitative estimate of drug-likeness (QED) is 0.785. The number of morpholine rings is 1. The van der Waals surface area contributed by atoms with Crippen LogP contribution in [0, 0.1) is 6.92 Å². The van der Waals surface area contributed by atoms with Gasteiger partial charge < -0.3 is 10.1 Å². The van der Waals surface area contributed by atoms with Crippen molar-refractivity contribution >= 4 is 0 Å². The van der Waals surface area contributed by atoms with Crippen molar-refractivity contribution in [2.45, 2.75) is 26.4 Å². The van der Waals surface area contributed by atoms with Gasteiger partial charge in [0.25, 0.3) is 0 Å². The standard InChI is InChI=1S/C12H22N4O/c1-10-7-12(15-14-10)8-13-11(2)9-16-3-5-17-6-4-16/h7,11,13H,3-6,8-9H2,1-2H3,(H,14,15). The molecule has 5 heteroatoms. The minimum absolute atomic E-state index is 0.477. The van der Waals surface area contributed by atoms with Crippen molar-refractivity contribution in [3.05, 3.63) is 17.5 Å². The number of aryl methyl sites for hydroxylation is 1. The van der Waals surface area contributed by atoms with Crippen LogP contribution in [0.25, 0.3) is 0 Å². The Morgan fingerprint density at radius 1 is 1.53 bits per heavy atom. The third-order valence-electron chi connectivity index (χ3n) is 3.03. The Bertz CT molecular complexity index is 333. The highest BCUT2D eigenvalue weighted by Gasteiger charge is 2.13. The summed E-state index contributed by atoms with van der Waals surface area (Å²) in [6.45, 7) is 9.98. The second kappa shape index (κ2) is 6.14. The monoisotopic (exact) mass is 238 g/mol. The predicted molar refractivity (Wildman–Crippen MR) is 66.9 cm³/mol. The molecule has 0 spiro atoms. The van der Waals surface area contributed by atoms with Crippen LogP contribution < -0.4 is 5.32 Å². The first kappa shape index (κ1) is 12.5. The van der Waals surface area contributed by atoms with E-state index in [0.717, 1.165) is 50.8 Å². The van der Waals surface area contributed by atoms with Gasteiger partial charge in [-0.3, -0.25) is 10.00 Å². The molecule has 0 aliphatic carbocycles. The van der Waals surface area contributed by atoms with Crippen LogP contribution in [0.15, 0.2) is 6.07 Å². The zero-order valence-electron chi connectivity index (χ0n) is 10.7. The molecule has 1 saturated heterocycles. The molecule has 0 saturated carbocycles. The average molecular weight is 238 g/mol. The van der Waals surface area contributed by atoms with Gasteiger partial charge in [0.1, 0.15) is 0 Å². The number of aromatic nitrogens is 2. The van der Waals surface area contributed by atoms with E-state index in [-0.39, 0.29) is 0 Å². The van der Waals surface area contributed by atoms with Crippen LogP contribution in [0.4, 0.5) is 0 Å². The van der Waals surface area contributed by atoms with E-state index in [9.17, 15) is 0 Å². The van der Waals surface area contributed by atoms with Crippen molar-refractivity contribution in [3.63, 3.8) is 0 Å². The Hall–Kier alpha value is -0.910. The summed E-state index contributed by atoms with van der Waals surface area (Å²) in [5, 5.41) is 10.7. The summed E-state index contributed by atoms with van der Waals surface area (Å²) in [6, 6.07) is 2.55. The second-order valence-electron chi connectivity index (χ2n) is 4.74. The lowest BCUT2D eigenvalue weighted by Gasteiger charge is -2.29. The first-order valence-electron chi connectivity index (χ1n) is 6.28. The first-order chi connectivity index (χ1) is 8.24. The molecule has 1 unspecified atom stereocenters. The number of H-pyrrole nitrogens is 1. The van der Waals surface area contributed by atoms with Crippen LogP contribution >= 0.6 is 0 Å². The summed E-state index contributed by atoms with van der Waals surface area (Å²) in [5.41, 5.74) is 2.19. The highest BCUT2D eigenvalue weighted by Crippen LogP contribution is 2.00. The normalized spacial score (nSPS) is 19.4. The number of nitrogens with one attached hydrogen (secondary N) is 2. The molecule has 0 bridgehead atoms. The molecule has 1 atom stereocenters. The minimum atomic E-state index is 0.477. The molecule has 96 valence electrons. The molecular weight excluding hydrogens is 216 g/mol. The van der Waals surface area contributed by atoms with Crippen molar-refractivity contribution in [1.82, 2.24) is 20.4 Å². The Labute approximate surface area is 103 Å². The topological polar surface area (TPSA) is 53.2 Å². The number of hydrogen-bond donors (Lipinski definition) is 2. The molecular formula is C12H22N4O. The maximum Gasteiger partial charge on any atom is 0.0762 e. The number of hydrogen-bond acceptors (Lipinski definition) is 4. The summed E-state index contributed by atoms with van der Waals surface area (Å²) >= 11 is 0. The minimum Gasteiger partial charge on any atom is -0.379 e. The molecule has 1 aromatic heterocycles. The summed E-state index contributed by atoms with van der Waals surface area (Å²) < 4.78 is 5.34. The summed E-state index contributed by atoms with van der Waals surface area (Å²) in [5.74, 6) is 0. The van der Waals surface area contributed by atoms with Gasteiger partial charge in [0, 0.05) is 37.9 Å². The molecule has 1 aliphatic heterocycles. The summed E-state index contributed by atoms with van der Waals surface area (Å²) in [7, 11) is 0. The van der Waals surface area contributed by atoms with Crippen LogP contribution in [-0.4, -0.2) is 54.0 Å². The molecule has 5 nitrogen and oxygen atoms in total. The number of nitrogens with zero attached hydrogens (tertiary/aromatic N) is 2. The van der Waals surface area contributed by atoms with Gasteiger partial charge in [-0.15, -0.1) is 0 Å². The van der Waals surface area contributed by atoms with Gasteiger partial charge in [-0.05, 0) is 19.9 Å². The van der Waals surface area contributed by atoms with Gasteiger partial charge in [0.2, 0.25) is 0 Å². The van der Waals surface area contributed by atoms with Gasteiger partial charge in [-0.2, -0.15) is 5.10 Å². The Morgan fingerprint density at radius 3 is 2.94 bits per heavy atom. The molecule has 1 aliphatic rings. The number of rotatable bonds is 5.